The first-order valence-electron chi connectivity index (χ1n) is 12.9. The van der Waals surface area contributed by atoms with E-state index in [1.165, 1.54) is 6.07 Å². The van der Waals surface area contributed by atoms with Gasteiger partial charge in [0.1, 0.15) is 11.6 Å². The number of rotatable bonds is 10. The molecule has 0 heterocycles. The third-order valence-electron chi connectivity index (χ3n) is 6.87. The van der Waals surface area contributed by atoms with Crippen molar-refractivity contribution in [2.75, 3.05) is 13.2 Å². The molecule has 0 aromatic heterocycles. The minimum absolute atomic E-state index is 0.0148. The molecule has 1 aliphatic rings. The Morgan fingerprint density at radius 3 is 2.32 bits per heavy atom. The summed E-state index contributed by atoms with van der Waals surface area (Å²) >= 11 is 0. The van der Waals surface area contributed by atoms with Gasteiger partial charge in [-0.15, -0.1) is 6.58 Å². The van der Waals surface area contributed by atoms with Gasteiger partial charge in [-0.05, 0) is 73.8 Å². The Kier molecular flexibility index (Phi) is 9.24. The molecule has 4 rings (SSSR count). The molecule has 3 aromatic rings. The Morgan fingerprint density at radius 2 is 1.65 bits per heavy atom. The Balaban J connectivity index is 1.43. The van der Waals surface area contributed by atoms with Gasteiger partial charge in [-0.3, -0.25) is 0 Å². The average Bonchev–Trinajstić information content (AvgIpc) is 2.91. The molecule has 0 unspecified atom stereocenters. The largest absolute Gasteiger partial charge is 0.493 e. The second-order valence-corrected chi connectivity index (χ2v) is 9.32. The van der Waals surface area contributed by atoms with Gasteiger partial charge in [0.25, 0.3) is 0 Å². The highest BCUT2D eigenvalue weighted by Crippen LogP contribution is 2.38. The van der Waals surface area contributed by atoms with E-state index in [1.807, 2.05) is 6.92 Å². The molecule has 194 valence electrons. The normalized spacial score (nSPS) is 17.7. The molecule has 0 amide bonds. The van der Waals surface area contributed by atoms with Crippen LogP contribution in [-0.2, 0) is 4.74 Å². The monoisotopic (exact) mass is 506 g/mol. The van der Waals surface area contributed by atoms with Gasteiger partial charge in [0.2, 0.25) is 0 Å². The van der Waals surface area contributed by atoms with Crippen molar-refractivity contribution in [3.05, 3.63) is 101 Å². The maximum atomic E-state index is 15.1. The highest BCUT2D eigenvalue weighted by atomic mass is 19.2. The lowest BCUT2D eigenvalue weighted by molar-refractivity contribution is 0.0325. The van der Waals surface area contributed by atoms with Crippen LogP contribution < -0.4 is 4.74 Å². The molecule has 0 spiro atoms. The van der Waals surface area contributed by atoms with Gasteiger partial charge >= 0.3 is 0 Å². The summed E-state index contributed by atoms with van der Waals surface area (Å²) in [6.07, 6.45) is 9.44. The molecule has 0 atom stereocenters. The number of benzene rings is 3. The maximum Gasteiger partial charge on any atom is 0.166 e. The van der Waals surface area contributed by atoms with Crippen molar-refractivity contribution >= 4 is 12.2 Å². The zero-order chi connectivity index (χ0) is 26.2. The van der Waals surface area contributed by atoms with Crippen LogP contribution in [0.5, 0.6) is 5.75 Å². The molecule has 1 aliphatic carbocycles. The van der Waals surface area contributed by atoms with Crippen LogP contribution in [0, 0.1) is 17.5 Å². The van der Waals surface area contributed by atoms with E-state index in [4.69, 9.17) is 9.47 Å². The van der Waals surface area contributed by atoms with Crippen LogP contribution in [-0.4, -0.2) is 19.3 Å². The molecular weight excluding hydrogens is 473 g/mol. The first-order valence-corrected chi connectivity index (χ1v) is 12.9. The van der Waals surface area contributed by atoms with Crippen molar-refractivity contribution in [2.24, 2.45) is 0 Å². The third kappa shape index (κ3) is 6.72. The van der Waals surface area contributed by atoms with Gasteiger partial charge < -0.3 is 9.47 Å². The molecule has 0 radical (unpaired) electrons. The molecule has 1 fully saturated rings. The van der Waals surface area contributed by atoms with Crippen molar-refractivity contribution in [1.29, 1.82) is 0 Å². The molecule has 0 N–H and O–H groups in total. The molecule has 0 aliphatic heterocycles. The fourth-order valence-electron chi connectivity index (χ4n) is 4.83. The number of halogens is 3. The van der Waals surface area contributed by atoms with Crippen molar-refractivity contribution in [3.63, 3.8) is 0 Å². The van der Waals surface area contributed by atoms with Crippen LogP contribution in [0.1, 0.15) is 61.6 Å². The van der Waals surface area contributed by atoms with E-state index < -0.39 is 11.6 Å². The standard InChI is InChI=1S/C32H33F3O2/c1-3-5-20-37-27-17-14-25(30(33)21-27)11-8-22-6-9-23(10-7-22)28-18-19-29(32(35)31(28)34)24-12-15-26(16-13-24)36-4-2/h3,6-11,14,17-19,21,24,26H,1,4-5,12-13,15-16,20H2,2H3/b11-8+. The fraction of sp³-hybridized carbons (Fsp3) is 0.312. The third-order valence-corrected chi connectivity index (χ3v) is 6.87. The maximum absolute atomic E-state index is 15.1. The van der Waals surface area contributed by atoms with Crippen molar-refractivity contribution in [3.8, 4) is 16.9 Å². The quantitative estimate of drug-likeness (QED) is 0.155. The summed E-state index contributed by atoms with van der Waals surface area (Å²) < 4.78 is 55.7. The molecule has 37 heavy (non-hydrogen) atoms. The van der Waals surface area contributed by atoms with E-state index in [0.717, 1.165) is 31.2 Å². The lowest BCUT2D eigenvalue weighted by Gasteiger charge is -2.29. The summed E-state index contributed by atoms with van der Waals surface area (Å²) in [5.74, 6) is -1.47. The van der Waals surface area contributed by atoms with E-state index >= 15 is 8.78 Å². The van der Waals surface area contributed by atoms with E-state index in [1.54, 1.807) is 66.8 Å². The van der Waals surface area contributed by atoms with Crippen LogP contribution in [0.2, 0.25) is 0 Å². The number of ether oxygens (including phenoxy) is 2. The zero-order valence-corrected chi connectivity index (χ0v) is 21.2. The van der Waals surface area contributed by atoms with Crippen LogP contribution in [0.4, 0.5) is 13.2 Å². The summed E-state index contributed by atoms with van der Waals surface area (Å²) in [6, 6.07) is 15.2. The van der Waals surface area contributed by atoms with E-state index in [-0.39, 0.29) is 23.4 Å². The van der Waals surface area contributed by atoms with Crippen molar-refractivity contribution in [1.82, 2.24) is 0 Å². The van der Waals surface area contributed by atoms with Gasteiger partial charge in [0.05, 0.1) is 12.7 Å². The Labute approximate surface area is 217 Å². The highest BCUT2D eigenvalue weighted by molar-refractivity contribution is 5.73. The number of hydrogen-bond acceptors (Lipinski definition) is 2. The van der Waals surface area contributed by atoms with E-state index in [0.29, 0.717) is 42.1 Å². The molecule has 2 nitrogen and oxygen atoms in total. The Bertz CT molecular complexity index is 1230. The van der Waals surface area contributed by atoms with Gasteiger partial charge in [0.15, 0.2) is 11.6 Å². The predicted octanol–water partition coefficient (Wildman–Crippen LogP) is 8.96. The summed E-state index contributed by atoms with van der Waals surface area (Å²) in [4.78, 5) is 0. The summed E-state index contributed by atoms with van der Waals surface area (Å²) in [6.45, 7) is 6.74. The smallest absolute Gasteiger partial charge is 0.166 e. The zero-order valence-electron chi connectivity index (χ0n) is 21.2. The molecule has 0 saturated heterocycles. The van der Waals surface area contributed by atoms with Crippen molar-refractivity contribution in [2.45, 2.75) is 51.0 Å². The topological polar surface area (TPSA) is 18.5 Å². The minimum Gasteiger partial charge on any atom is -0.493 e. The van der Waals surface area contributed by atoms with E-state index in [9.17, 15) is 4.39 Å². The fourth-order valence-corrected chi connectivity index (χ4v) is 4.83. The summed E-state index contributed by atoms with van der Waals surface area (Å²) in [7, 11) is 0. The first kappa shape index (κ1) is 26.7. The van der Waals surface area contributed by atoms with Gasteiger partial charge in [0, 0.05) is 23.8 Å². The van der Waals surface area contributed by atoms with Gasteiger partial charge in [-0.2, -0.15) is 0 Å². The number of hydrogen-bond donors (Lipinski definition) is 0. The molecule has 1 saturated carbocycles. The van der Waals surface area contributed by atoms with Crippen molar-refractivity contribution < 1.29 is 22.6 Å². The van der Waals surface area contributed by atoms with Crippen LogP contribution >= 0.6 is 0 Å². The molecular formula is C32H33F3O2. The van der Waals surface area contributed by atoms with Crippen LogP contribution in [0.3, 0.4) is 0 Å². The molecule has 5 heteroatoms. The predicted molar refractivity (Wildman–Crippen MR) is 144 cm³/mol. The summed E-state index contributed by atoms with van der Waals surface area (Å²) in [5, 5.41) is 0. The molecule has 0 bridgehead atoms. The van der Waals surface area contributed by atoms with Crippen LogP contribution in [0.15, 0.2) is 67.3 Å². The highest BCUT2D eigenvalue weighted by Gasteiger charge is 2.26. The first-order chi connectivity index (χ1) is 18.0. The second kappa shape index (κ2) is 12.8. The lowest BCUT2D eigenvalue weighted by Crippen LogP contribution is -2.21. The molecule has 3 aromatic carbocycles. The second-order valence-electron chi connectivity index (χ2n) is 9.32. The SMILES string of the molecule is C=CCCOc1ccc(/C=C/c2ccc(-c3ccc(C4CCC(OCC)CC4)c(F)c3F)cc2)c(F)c1. The van der Waals surface area contributed by atoms with Gasteiger partial charge in [-0.1, -0.05) is 54.6 Å². The lowest BCUT2D eigenvalue weighted by atomic mass is 9.82. The Hall–Kier alpha value is -3.31. The van der Waals surface area contributed by atoms with E-state index in [2.05, 4.69) is 6.58 Å². The minimum atomic E-state index is -0.815. The average molecular weight is 507 g/mol. The van der Waals surface area contributed by atoms with Crippen LogP contribution in [0.25, 0.3) is 23.3 Å². The summed E-state index contributed by atoms with van der Waals surface area (Å²) in [5.41, 5.74) is 2.53. The Morgan fingerprint density at radius 1 is 0.892 bits per heavy atom. The van der Waals surface area contributed by atoms with Gasteiger partial charge in [-0.25, -0.2) is 13.2 Å².